The molecule has 92 valence electrons. The highest BCUT2D eigenvalue weighted by Crippen LogP contribution is 2.32. The van der Waals surface area contributed by atoms with Crippen LogP contribution in [0.1, 0.15) is 48.3 Å². The van der Waals surface area contributed by atoms with E-state index in [0.29, 0.717) is 0 Å². The summed E-state index contributed by atoms with van der Waals surface area (Å²) in [5, 5.41) is 0. The molecule has 4 nitrogen and oxygen atoms in total. The maximum Gasteiger partial charge on any atom is 0.103 e. The molecule has 2 rings (SSSR count). The first kappa shape index (κ1) is 11.9. The fourth-order valence-electron chi connectivity index (χ4n) is 2.55. The molecule has 0 aliphatic carbocycles. The van der Waals surface area contributed by atoms with E-state index in [1.165, 1.54) is 0 Å². The summed E-state index contributed by atoms with van der Waals surface area (Å²) in [6.07, 6.45) is 0. The molecule has 0 bridgehead atoms. The minimum Gasteiger partial charge on any atom is -0.346 e. The monoisotopic (exact) mass is 232 g/mol. The molecule has 0 aromatic carbocycles. The van der Waals surface area contributed by atoms with Crippen LogP contribution in [0.3, 0.4) is 0 Å². The van der Waals surface area contributed by atoms with E-state index in [1.54, 1.807) is 0 Å². The van der Waals surface area contributed by atoms with Crippen LogP contribution in [-0.4, -0.2) is 19.9 Å². The van der Waals surface area contributed by atoms with Crippen molar-refractivity contribution >= 4 is 0 Å². The zero-order chi connectivity index (χ0) is 12.8. The van der Waals surface area contributed by atoms with Crippen LogP contribution < -0.4 is 0 Å². The van der Waals surface area contributed by atoms with E-state index < -0.39 is 0 Å². The lowest BCUT2D eigenvalue weighted by Crippen LogP contribution is -2.22. The highest BCUT2D eigenvalue weighted by molar-refractivity contribution is 5.35. The first-order valence-electron chi connectivity index (χ1n) is 5.89. The van der Waals surface area contributed by atoms with Gasteiger partial charge in [-0.3, -0.25) is 0 Å². The van der Waals surface area contributed by atoms with Crippen LogP contribution in [0.4, 0.5) is 0 Å². The second-order valence-corrected chi connectivity index (χ2v) is 5.22. The van der Waals surface area contributed by atoms with Crippen LogP contribution in [0.5, 0.6) is 0 Å². The predicted octanol–water partition coefficient (Wildman–Crippen LogP) is 2.69. The van der Waals surface area contributed by atoms with Crippen molar-refractivity contribution in [3.05, 3.63) is 34.4 Å². The van der Waals surface area contributed by atoms with Crippen molar-refractivity contribution in [3.8, 4) is 0 Å². The van der Waals surface area contributed by atoms with E-state index in [1.807, 2.05) is 13.8 Å². The molecule has 0 spiro atoms. The second kappa shape index (κ2) is 3.72. The van der Waals surface area contributed by atoms with E-state index in [2.05, 4.69) is 47.6 Å². The molecule has 17 heavy (non-hydrogen) atoms. The minimum absolute atomic E-state index is 0.177. The first-order chi connectivity index (χ1) is 7.82. The third-order valence-corrected chi connectivity index (χ3v) is 3.19. The van der Waals surface area contributed by atoms with E-state index >= 15 is 0 Å². The van der Waals surface area contributed by atoms with Crippen LogP contribution >= 0.6 is 0 Å². The molecular formula is C13H20N4. The Labute approximate surface area is 102 Å². The molecule has 0 amide bonds. The Bertz CT molecular complexity index is 498. The van der Waals surface area contributed by atoms with Gasteiger partial charge < -0.3 is 9.97 Å². The number of aromatic amines is 2. The molecule has 2 heterocycles. The van der Waals surface area contributed by atoms with Crippen LogP contribution in [-0.2, 0) is 5.41 Å². The molecule has 0 atom stereocenters. The Hall–Kier alpha value is -1.58. The number of imidazole rings is 2. The number of nitrogens with one attached hydrogen (secondary N) is 2. The van der Waals surface area contributed by atoms with Crippen molar-refractivity contribution in [2.75, 3.05) is 0 Å². The van der Waals surface area contributed by atoms with E-state index in [9.17, 15) is 0 Å². The fourth-order valence-corrected chi connectivity index (χ4v) is 2.55. The number of hydrogen-bond donors (Lipinski definition) is 2. The van der Waals surface area contributed by atoms with Crippen molar-refractivity contribution in [2.45, 2.75) is 47.0 Å². The topological polar surface area (TPSA) is 57.4 Å². The largest absolute Gasteiger partial charge is 0.346 e. The van der Waals surface area contributed by atoms with E-state index in [0.717, 1.165) is 34.4 Å². The number of hydrogen-bond acceptors (Lipinski definition) is 2. The summed E-state index contributed by atoms with van der Waals surface area (Å²) in [6, 6.07) is 0. The molecule has 2 aromatic heterocycles. The zero-order valence-electron chi connectivity index (χ0n) is 11.4. The summed E-state index contributed by atoms with van der Waals surface area (Å²) < 4.78 is 0. The lowest BCUT2D eigenvalue weighted by atomic mass is 9.83. The SMILES string of the molecule is Cc1nc(C(C)(C)c2nc(C)[nH]c2C)c(C)[nH]1. The zero-order valence-corrected chi connectivity index (χ0v) is 11.4. The number of rotatable bonds is 2. The van der Waals surface area contributed by atoms with Gasteiger partial charge in [-0.25, -0.2) is 9.97 Å². The number of H-pyrrole nitrogens is 2. The van der Waals surface area contributed by atoms with Crippen molar-refractivity contribution in [1.82, 2.24) is 19.9 Å². The molecule has 4 heteroatoms. The normalized spacial score (nSPS) is 12.1. The lowest BCUT2D eigenvalue weighted by Gasteiger charge is -2.22. The van der Waals surface area contributed by atoms with Gasteiger partial charge in [0, 0.05) is 11.4 Å². The smallest absolute Gasteiger partial charge is 0.103 e. The highest BCUT2D eigenvalue weighted by Gasteiger charge is 2.31. The van der Waals surface area contributed by atoms with Gasteiger partial charge in [-0.2, -0.15) is 0 Å². The standard InChI is InChI=1S/C13H20N4/c1-7-11(16-9(3)14-7)13(5,6)12-8(2)15-10(4)17-12/h1-6H3,(H,14,16)(H,15,17). The van der Waals surface area contributed by atoms with Crippen LogP contribution in [0.25, 0.3) is 0 Å². The quantitative estimate of drug-likeness (QED) is 0.836. The number of nitrogens with zero attached hydrogens (tertiary/aromatic N) is 2. The first-order valence-corrected chi connectivity index (χ1v) is 5.89. The van der Waals surface area contributed by atoms with Crippen LogP contribution in [0, 0.1) is 27.7 Å². The predicted molar refractivity (Wildman–Crippen MR) is 68.3 cm³/mol. The average molecular weight is 232 g/mol. The van der Waals surface area contributed by atoms with Crippen molar-refractivity contribution in [2.24, 2.45) is 0 Å². The van der Waals surface area contributed by atoms with Gasteiger partial charge in [0.1, 0.15) is 11.6 Å². The molecule has 2 N–H and O–H groups in total. The molecule has 2 aromatic rings. The Morgan fingerprint density at radius 1 is 0.765 bits per heavy atom. The third-order valence-electron chi connectivity index (χ3n) is 3.19. The summed E-state index contributed by atoms with van der Waals surface area (Å²) >= 11 is 0. The Kier molecular flexibility index (Phi) is 2.60. The number of aromatic nitrogens is 4. The number of aryl methyl sites for hydroxylation is 4. The fraction of sp³-hybridized carbons (Fsp3) is 0.538. The van der Waals surface area contributed by atoms with Crippen LogP contribution in [0.2, 0.25) is 0 Å². The highest BCUT2D eigenvalue weighted by atomic mass is 15.0. The third kappa shape index (κ3) is 1.88. The van der Waals surface area contributed by atoms with Crippen molar-refractivity contribution in [1.29, 1.82) is 0 Å². The molecule has 0 aliphatic rings. The van der Waals surface area contributed by atoms with Gasteiger partial charge in [0.2, 0.25) is 0 Å². The summed E-state index contributed by atoms with van der Waals surface area (Å²) in [4.78, 5) is 15.7. The average Bonchev–Trinajstić information content (AvgIpc) is 2.70. The lowest BCUT2D eigenvalue weighted by molar-refractivity contribution is 0.592. The van der Waals surface area contributed by atoms with Gasteiger partial charge in [-0.15, -0.1) is 0 Å². The Morgan fingerprint density at radius 3 is 1.35 bits per heavy atom. The van der Waals surface area contributed by atoms with Gasteiger partial charge in [-0.1, -0.05) is 0 Å². The molecule has 0 saturated carbocycles. The van der Waals surface area contributed by atoms with Gasteiger partial charge in [0.15, 0.2) is 0 Å². The van der Waals surface area contributed by atoms with E-state index in [-0.39, 0.29) is 5.41 Å². The van der Waals surface area contributed by atoms with Gasteiger partial charge in [0.05, 0.1) is 16.8 Å². The van der Waals surface area contributed by atoms with Crippen molar-refractivity contribution < 1.29 is 0 Å². The molecular weight excluding hydrogens is 212 g/mol. The molecule has 0 saturated heterocycles. The maximum absolute atomic E-state index is 4.60. The summed E-state index contributed by atoms with van der Waals surface area (Å²) in [7, 11) is 0. The van der Waals surface area contributed by atoms with Crippen LogP contribution in [0.15, 0.2) is 0 Å². The molecule has 0 unspecified atom stereocenters. The molecule has 0 fully saturated rings. The van der Waals surface area contributed by atoms with Crippen molar-refractivity contribution in [3.63, 3.8) is 0 Å². The summed E-state index contributed by atoms with van der Waals surface area (Å²) in [5.74, 6) is 1.91. The van der Waals surface area contributed by atoms with E-state index in [4.69, 9.17) is 0 Å². The van der Waals surface area contributed by atoms with Gasteiger partial charge >= 0.3 is 0 Å². The molecule has 0 radical (unpaired) electrons. The van der Waals surface area contributed by atoms with Gasteiger partial charge in [-0.05, 0) is 41.5 Å². The Balaban J connectivity index is 2.56. The Morgan fingerprint density at radius 2 is 1.12 bits per heavy atom. The minimum atomic E-state index is -0.177. The summed E-state index contributed by atoms with van der Waals surface area (Å²) in [6.45, 7) is 12.4. The maximum atomic E-state index is 4.60. The second-order valence-electron chi connectivity index (χ2n) is 5.22. The molecule has 0 aliphatic heterocycles. The summed E-state index contributed by atoms with van der Waals surface area (Å²) in [5.41, 5.74) is 4.21. The van der Waals surface area contributed by atoms with Gasteiger partial charge in [0.25, 0.3) is 0 Å².